The van der Waals surface area contributed by atoms with Crippen LogP contribution in [0.2, 0.25) is 0 Å². The van der Waals surface area contributed by atoms with E-state index in [2.05, 4.69) is 34.2 Å². The predicted octanol–water partition coefficient (Wildman–Crippen LogP) is 3.01. The minimum atomic E-state index is -0.0596. The van der Waals surface area contributed by atoms with E-state index in [9.17, 15) is 4.79 Å². The van der Waals surface area contributed by atoms with Crippen molar-refractivity contribution in [2.45, 2.75) is 6.92 Å². The summed E-state index contributed by atoms with van der Waals surface area (Å²) in [7, 11) is 0. The van der Waals surface area contributed by atoms with E-state index >= 15 is 0 Å². The number of hydrogen-bond acceptors (Lipinski definition) is 5. The summed E-state index contributed by atoms with van der Waals surface area (Å²) in [6, 6.07) is 15.6. The van der Waals surface area contributed by atoms with Gasteiger partial charge in [-0.05, 0) is 36.8 Å². The van der Waals surface area contributed by atoms with Crippen LogP contribution in [0.25, 0.3) is 11.3 Å². The Hall–Kier alpha value is -3.15. The molecule has 6 nitrogen and oxygen atoms in total. The van der Waals surface area contributed by atoms with Gasteiger partial charge in [-0.15, -0.1) is 10.2 Å². The van der Waals surface area contributed by atoms with Crippen LogP contribution in [0.15, 0.2) is 59.2 Å². The number of anilines is 1. The van der Waals surface area contributed by atoms with Gasteiger partial charge in [-0.25, -0.2) is 0 Å². The topological polar surface area (TPSA) is 62.5 Å². The molecule has 0 atom stereocenters. The minimum absolute atomic E-state index is 0.0596. The molecule has 3 heterocycles. The molecule has 1 aliphatic heterocycles. The molecule has 1 aromatic carbocycles. The molecule has 132 valence electrons. The van der Waals surface area contributed by atoms with E-state index in [1.165, 1.54) is 11.8 Å². The van der Waals surface area contributed by atoms with Crippen molar-refractivity contribution in [1.82, 2.24) is 15.1 Å². The van der Waals surface area contributed by atoms with Gasteiger partial charge in [0.05, 0.1) is 12.0 Å². The Kier molecular flexibility index (Phi) is 4.39. The highest BCUT2D eigenvalue weighted by Gasteiger charge is 2.24. The van der Waals surface area contributed by atoms with Gasteiger partial charge >= 0.3 is 0 Å². The lowest BCUT2D eigenvalue weighted by Crippen LogP contribution is -2.49. The zero-order chi connectivity index (χ0) is 17.9. The number of benzene rings is 1. The first-order chi connectivity index (χ1) is 12.7. The normalized spacial score (nSPS) is 14.5. The average Bonchev–Trinajstić information content (AvgIpc) is 3.23. The minimum Gasteiger partial charge on any atom is -0.459 e. The molecule has 4 rings (SSSR count). The lowest BCUT2D eigenvalue weighted by atomic mass is 10.1. The van der Waals surface area contributed by atoms with E-state index in [-0.39, 0.29) is 5.91 Å². The average molecular weight is 348 g/mol. The maximum atomic E-state index is 12.3. The molecule has 0 bridgehead atoms. The van der Waals surface area contributed by atoms with E-state index in [0.717, 1.165) is 30.2 Å². The van der Waals surface area contributed by atoms with Gasteiger partial charge in [0.1, 0.15) is 0 Å². The van der Waals surface area contributed by atoms with E-state index in [0.29, 0.717) is 18.8 Å². The van der Waals surface area contributed by atoms with Crippen LogP contribution >= 0.6 is 0 Å². The van der Waals surface area contributed by atoms with E-state index in [4.69, 9.17) is 4.42 Å². The monoisotopic (exact) mass is 348 g/mol. The van der Waals surface area contributed by atoms with Crippen LogP contribution in [0.5, 0.6) is 0 Å². The predicted molar refractivity (Wildman–Crippen MR) is 99.0 cm³/mol. The molecule has 0 saturated carbocycles. The third-order valence-electron chi connectivity index (χ3n) is 4.69. The molecular formula is C20H20N4O2. The smallest absolute Gasteiger partial charge is 0.289 e. The summed E-state index contributed by atoms with van der Waals surface area (Å²) < 4.78 is 5.20. The van der Waals surface area contributed by atoms with Crippen molar-refractivity contribution in [3.63, 3.8) is 0 Å². The Morgan fingerprint density at radius 3 is 2.42 bits per heavy atom. The van der Waals surface area contributed by atoms with Crippen molar-refractivity contribution in [2.24, 2.45) is 0 Å². The second kappa shape index (κ2) is 7.00. The van der Waals surface area contributed by atoms with Crippen LogP contribution in [0, 0.1) is 6.92 Å². The van der Waals surface area contributed by atoms with Crippen LogP contribution in [0.1, 0.15) is 16.1 Å². The molecule has 0 spiro atoms. The van der Waals surface area contributed by atoms with Crippen LogP contribution in [0.4, 0.5) is 5.82 Å². The van der Waals surface area contributed by atoms with Gasteiger partial charge in [-0.2, -0.15) is 0 Å². The summed E-state index contributed by atoms with van der Waals surface area (Å²) in [6.07, 6.45) is 1.52. The first-order valence-corrected chi connectivity index (χ1v) is 8.70. The third-order valence-corrected chi connectivity index (χ3v) is 4.69. The summed E-state index contributed by atoms with van der Waals surface area (Å²) in [5.74, 6) is 1.17. The van der Waals surface area contributed by atoms with Crippen molar-refractivity contribution < 1.29 is 9.21 Å². The Labute approximate surface area is 152 Å². The zero-order valence-electron chi connectivity index (χ0n) is 14.6. The highest BCUT2D eigenvalue weighted by atomic mass is 16.3. The highest BCUT2D eigenvalue weighted by molar-refractivity contribution is 5.91. The maximum Gasteiger partial charge on any atom is 0.289 e. The summed E-state index contributed by atoms with van der Waals surface area (Å²) >= 11 is 0. The first kappa shape index (κ1) is 16.3. The second-order valence-corrected chi connectivity index (χ2v) is 6.35. The molecule has 26 heavy (non-hydrogen) atoms. The van der Waals surface area contributed by atoms with Gasteiger partial charge in [0, 0.05) is 31.7 Å². The highest BCUT2D eigenvalue weighted by Crippen LogP contribution is 2.22. The van der Waals surface area contributed by atoms with Crippen molar-refractivity contribution >= 4 is 11.7 Å². The number of carbonyl (C=O) groups is 1. The molecule has 2 aromatic heterocycles. The third kappa shape index (κ3) is 3.18. The number of hydrogen-bond donors (Lipinski definition) is 0. The van der Waals surface area contributed by atoms with Gasteiger partial charge in [0.2, 0.25) is 0 Å². The quantitative estimate of drug-likeness (QED) is 0.728. The van der Waals surface area contributed by atoms with Gasteiger partial charge in [0.25, 0.3) is 5.91 Å². The molecule has 6 heteroatoms. The summed E-state index contributed by atoms with van der Waals surface area (Å²) in [5.41, 5.74) is 3.15. The van der Waals surface area contributed by atoms with E-state index in [1.807, 2.05) is 29.2 Å². The summed E-state index contributed by atoms with van der Waals surface area (Å²) in [5, 5.41) is 8.79. The molecule has 0 unspecified atom stereocenters. The number of nitrogens with zero attached hydrogens (tertiary/aromatic N) is 4. The number of amides is 1. The summed E-state index contributed by atoms with van der Waals surface area (Å²) in [4.78, 5) is 16.3. The number of aromatic nitrogens is 2. The Morgan fingerprint density at radius 1 is 0.962 bits per heavy atom. The van der Waals surface area contributed by atoms with Gasteiger partial charge in [-0.1, -0.05) is 24.3 Å². The molecule has 1 aliphatic rings. The van der Waals surface area contributed by atoms with Crippen LogP contribution in [-0.2, 0) is 0 Å². The molecule has 0 radical (unpaired) electrons. The molecule has 1 amide bonds. The Morgan fingerprint density at radius 2 is 1.77 bits per heavy atom. The molecule has 3 aromatic rings. The first-order valence-electron chi connectivity index (χ1n) is 8.70. The zero-order valence-corrected chi connectivity index (χ0v) is 14.6. The number of aryl methyl sites for hydroxylation is 1. The largest absolute Gasteiger partial charge is 0.459 e. The molecular weight excluding hydrogens is 328 g/mol. The maximum absolute atomic E-state index is 12.3. The standard InChI is InChI=1S/C20H20N4O2/c1-15-5-2-3-6-16(15)17-8-9-19(22-21-17)23-10-12-24(13-11-23)20(25)18-7-4-14-26-18/h2-9,14H,10-13H2,1H3. The number of rotatable bonds is 3. The van der Waals surface area contributed by atoms with Gasteiger partial charge in [-0.3, -0.25) is 4.79 Å². The SMILES string of the molecule is Cc1ccccc1-c1ccc(N2CCN(C(=O)c3ccco3)CC2)nn1. The molecule has 1 fully saturated rings. The number of carbonyl (C=O) groups excluding carboxylic acids is 1. The van der Waals surface area contributed by atoms with Crippen LogP contribution in [0.3, 0.4) is 0 Å². The lowest BCUT2D eigenvalue weighted by Gasteiger charge is -2.34. The van der Waals surface area contributed by atoms with Crippen molar-refractivity contribution in [3.05, 3.63) is 66.1 Å². The second-order valence-electron chi connectivity index (χ2n) is 6.35. The van der Waals surface area contributed by atoms with Crippen molar-refractivity contribution in [2.75, 3.05) is 31.1 Å². The Bertz CT molecular complexity index is 882. The Balaban J connectivity index is 1.42. The van der Waals surface area contributed by atoms with E-state index < -0.39 is 0 Å². The van der Waals surface area contributed by atoms with Crippen LogP contribution in [-0.4, -0.2) is 47.2 Å². The fraction of sp³-hybridized carbons (Fsp3) is 0.250. The van der Waals surface area contributed by atoms with E-state index in [1.54, 1.807) is 12.1 Å². The fourth-order valence-corrected chi connectivity index (χ4v) is 3.19. The van der Waals surface area contributed by atoms with Gasteiger partial charge < -0.3 is 14.2 Å². The molecule has 1 saturated heterocycles. The fourth-order valence-electron chi connectivity index (χ4n) is 3.19. The van der Waals surface area contributed by atoms with Crippen LogP contribution < -0.4 is 4.90 Å². The summed E-state index contributed by atoms with van der Waals surface area (Å²) in [6.45, 7) is 4.80. The lowest BCUT2D eigenvalue weighted by molar-refractivity contribution is 0.0714. The van der Waals surface area contributed by atoms with Crippen molar-refractivity contribution in [1.29, 1.82) is 0 Å². The molecule has 0 aliphatic carbocycles. The van der Waals surface area contributed by atoms with Crippen molar-refractivity contribution in [3.8, 4) is 11.3 Å². The number of furan rings is 1. The van der Waals surface area contributed by atoms with Gasteiger partial charge in [0.15, 0.2) is 11.6 Å². The number of piperazine rings is 1. The molecule has 0 N–H and O–H groups in total.